The maximum absolute atomic E-state index is 5.34. The summed E-state index contributed by atoms with van der Waals surface area (Å²) in [5.74, 6) is 1.59. The van der Waals surface area contributed by atoms with E-state index in [1.807, 2.05) is 14.0 Å². The lowest BCUT2D eigenvalue weighted by molar-refractivity contribution is 0.0903. The van der Waals surface area contributed by atoms with E-state index in [0.717, 1.165) is 12.8 Å². The fraction of sp³-hybridized carbons (Fsp3) is 0.833. The van der Waals surface area contributed by atoms with Crippen LogP contribution in [0.1, 0.15) is 57.3 Å². The molecule has 0 fully saturated rings. The average molecular weight is 241 g/mol. The molecule has 3 unspecified atom stereocenters. The van der Waals surface area contributed by atoms with Gasteiger partial charge in [0.15, 0.2) is 0 Å². The lowest BCUT2D eigenvalue weighted by Gasteiger charge is -2.17. The lowest BCUT2D eigenvalue weighted by atomic mass is 9.98. The molecular weight excluding hydrogens is 218 g/mol. The summed E-state index contributed by atoms with van der Waals surface area (Å²) in [6, 6.07) is 0.316. The quantitative estimate of drug-likeness (QED) is 0.793. The number of aromatic nitrogens is 2. The molecule has 0 aliphatic rings. The van der Waals surface area contributed by atoms with Crippen molar-refractivity contribution in [1.82, 2.24) is 15.5 Å². The fourth-order valence-electron chi connectivity index (χ4n) is 1.93. The van der Waals surface area contributed by atoms with Crippen molar-refractivity contribution in [2.45, 2.75) is 51.7 Å². The number of rotatable bonds is 7. The Hall–Kier alpha value is -0.940. The van der Waals surface area contributed by atoms with Gasteiger partial charge >= 0.3 is 0 Å². The largest absolute Gasteiger partial charge is 0.373 e. The molecule has 0 saturated heterocycles. The molecule has 0 radical (unpaired) electrons. The van der Waals surface area contributed by atoms with Crippen LogP contribution in [-0.2, 0) is 4.74 Å². The minimum atomic E-state index is -0.0742. The Morgan fingerprint density at radius 2 is 2.06 bits per heavy atom. The predicted molar refractivity (Wildman–Crippen MR) is 65.9 cm³/mol. The van der Waals surface area contributed by atoms with Crippen molar-refractivity contribution in [1.29, 1.82) is 0 Å². The summed E-state index contributed by atoms with van der Waals surface area (Å²) in [4.78, 5) is 4.45. The van der Waals surface area contributed by atoms with E-state index in [4.69, 9.17) is 9.26 Å². The van der Waals surface area contributed by atoms with E-state index in [1.165, 1.54) is 0 Å². The number of hydrogen-bond donors (Lipinski definition) is 1. The van der Waals surface area contributed by atoms with E-state index in [-0.39, 0.29) is 12.0 Å². The first-order chi connectivity index (χ1) is 8.17. The number of ether oxygens (including phenoxy) is 1. The molecule has 0 bridgehead atoms. The molecule has 0 aromatic carbocycles. The summed E-state index contributed by atoms with van der Waals surface area (Å²) in [7, 11) is 3.60. The molecule has 1 heterocycles. The molecule has 0 spiro atoms. The molecule has 1 N–H and O–H groups in total. The Labute approximate surface area is 103 Å². The van der Waals surface area contributed by atoms with Crippen molar-refractivity contribution in [2.75, 3.05) is 14.2 Å². The summed E-state index contributed by atoms with van der Waals surface area (Å²) >= 11 is 0. The number of methoxy groups -OCH3 is 1. The van der Waals surface area contributed by atoms with Gasteiger partial charge in [0, 0.05) is 13.2 Å². The molecule has 1 aromatic heterocycles. The number of nitrogens with zero attached hydrogens (tertiary/aromatic N) is 2. The maximum atomic E-state index is 5.34. The van der Waals surface area contributed by atoms with E-state index in [1.54, 1.807) is 7.11 Å². The number of nitrogens with one attached hydrogen (secondary N) is 1. The van der Waals surface area contributed by atoms with Gasteiger partial charge < -0.3 is 14.6 Å². The van der Waals surface area contributed by atoms with Crippen LogP contribution in [-0.4, -0.2) is 30.3 Å². The fourth-order valence-corrected chi connectivity index (χ4v) is 1.93. The second-order valence-corrected chi connectivity index (χ2v) is 4.22. The third-order valence-electron chi connectivity index (χ3n) is 3.22. The molecule has 0 saturated carbocycles. The molecule has 5 nitrogen and oxygen atoms in total. The molecule has 1 rings (SSSR count). The summed E-state index contributed by atoms with van der Waals surface area (Å²) in [6.07, 6.45) is 1.73. The Bertz CT molecular complexity index is 323. The van der Waals surface area contributed by atoms with E-state index < -0.39 is 0 Å². The SMILES string of the molecule is CCC(OC)c1noc(C(CC)C(C)NC)n1. The summed E-state index contributed by atoms with van der Waals surface area (Å²) < 4.78 is 10.6. The van der Waals surface area contributed by atoms with Gasteiger partial charge in [-0.15, -0.1) is 0 Å². The second kappa shape index (κ2) is 6.71. The molecule has 1 aromatic rings. The predicted octanol–water partition coefficient (Wildman–Crippen LogP) is 2.27. The smallest absolute Gasteiger partial charge is 0.231 e. The highest BCUT2D eigenvalue weighted by Crippen LogP contribution is 2.24. The van der Waals surface area contributed by atoms with Crippen LogP contribution in [0.4, 0.5) is 0 Å². The molecule has 3 atom stereocenters. The van der Waals surface area contributed by atoms with Gasteiger partial charge in [-0.1, -0.05) is 19.0 Å². The minimum absolute atomic E-state index is 0.0742. The first-order valence-electron chi connectivity index (χ1n) is 6.21. The van der Waals surface area contributed by atoms with Crippen LogP contribution in [0.15, 0.2) is 4.52 Å². The molecular formula is C12H23N3O2. The van der Waals surface area contributed by atoms with E-state index >= 15 is 0 Å². The second-order valence-electron chi connectivity index (χ2n) is 4.22. The van der Waals surface area contributed by atoms with Crippen molar-refractivity contribution in [3.8, 4) is 0 Å². The van der Waals surface area contributed by atoms with Crippen LogP contribution >= 0.6 is 0 Å². The first kappa shape index (κ1) is 14.1. The highest BCUT2D eigenvalue weighted by atomic mass is 16.5. The zero-order valence-electron chi connectivity index (χ0n) is 11.4. The van der Waals surface area contributed by atoms with Gasteiger partial charge in [0.05, 0.1) is 5.92 Å². The summed E-state index contributed by atoms with van der Waals surface area (Å²) in [5.41, 5.74) is 0. The van der Waals surface area contributed by atoms with Gasteiger partial charge in [-0.3, -0.25) is 0 Å². The van der Waals surface area contributed by atoms with Crippen LogP contribution in [0.2, 0.25) is 0 Å². The Kier molecular flexibility index (Phi) is 5.58. The van der Waals surface area contributed by atoms with Crippen molar-refractivity contribution < 1.29 is 9.26 Å². The van der Waals surface area contributed by atoms with Crippen LogP contribution in [0.3, 0.4) is 0 Å². The van der Waals surface area contributed by atoms with Gasteiger partial charge in [-0.05, 0) is 26.8 Å². The third kappa shape index (κ3) is 3.26. The summed E-state index contributed by atoms with van der Waals surface area (Å²) in [5, 5.41) is 7.23. The maximum Gasteiger partial charge on any atom is 0.231 e. The Morgan fingerprint density at radius 1 is 1.35 bits per heavy atom. The first-order valence-corrected chi connectivity index (χ1v) is 6.21. The van der Waals surface area contributed by atoms with Crippen LogP contribution in [0.25, 0.3) is 0 Å². The van der Waals surface area contributed by atoms with Gasteiger partial charge in [0.25, 0.3) is 0 Å². The van der Waals surface area contributed by atoms with Crippen LogP contribution in [0, 0.1) is 0 Å². The van der Waals surface area contributed by atoms with Crippen LogP contribution < -0.4 is 5.32 Å². The summed E-state index contributed by atoms with van der Waals surface area (Å²) in [6.45, 7) is 6.28. The van der Waals surface area contributed by atoms with Crippen molar-refractivity contribution in [2.24, 2.45) is 0 Å². The zero-order valence-corrected chi connectivity index (χ0v) is 11.4. The van der Waals surface area contributed by atoms with Crippen LogP contribution in [0.5, 0.6) is 0 Å². The molecule has 0 aliphatic heterocycles. The van der Waals surface area contributed by atoms with E-state index in [9.17, 15) is 0 Å². The van der Waals surface area contributed by atoms with Gasteiger partial charge in [-0.25, -0.2) is 0 Å². The monoisotopic (exact) mass is 241 g/mol. The van der Waals surface area contributed by atoms with Gasteiger partial charge in [-0.2, -0.15) is 4.98 Å². The molecule has 17 heavy (non-hydrogen) atoms. The minimum Gasteiger partial charge on any atom is -0.373 e. The number of hydrogen-bond acceptors (Lipinski definition) is 5. The number of likely N-dealkylation sites (N-methyl/N-ethyl adjacent to an activating group) is 1. The molecule has 98 valence electrons. The zero-order chi connectivity index (χ0) is 12.8. The highest BCUT2D eigenvalue weighted by molar-refractivity contribution is 4.99. The van der Waals surface area contributed by atoms with E-state index in [2.05, 4.69) is 29.3 Å². The van der Waals surface area contributed by atoms with Crippen molar-refractivity contribution in [3.63, 3.8) is 0 Å². The third-order valence-corrected chi connectivity index (χ3v) is 3.22. The normalized spacial score (nSPS) is 16.8. The highest BCUT2D eigenvalue weighted by Gasteiger charge is 2.24. The lowest BCUT2D eigenvalue weighted by Crippen LogP contribution is -2.28. The molecule has 5 heteroatoms. The Morgan fingerprint density at radius 3 is 2.53 bits per heavy atom. The standard InChI is InChI=1S/C12H23N3O2/c1-6-9(8(3)13-4)12-14-11(15-17-12)10(7-2)16-5/h8-10,13H,6-7H2,1-5H3. The average Bonchev–Trinajstić information content (AvgIpc) is 2.81. The topological polar surface area (TPSA) is 60.2 Å². The van der Waals surface area contributed by atoms with Crippen molar-refractivity contribution in [3.05, 3.63) is 11.7 Å². The molecule has 0 amide bonds. The Balaban J connectivity index is 2.85. The van der Waals surface area contributed by atoms with Gasteiger partial charge in [0.2, 0.25) is 11.7 Å². The van der Waals surface area contributed by atoms with E-state index in [0.29, 0.717) is 17.8 Å². The molecule has 0 aliphatic carbocycles. The van der Waals surface area contributed by atoms with Gasteiger partial charge in [0.1, 0.15) is 6.10 Å². The van der Waals surface area contributed by atoms with Crippen molar-refractivity contribution >= 4 is 0 Å².